The Bertz CT molecular complexity index is 338. The molecule has 19 heavy (non-hydrogen) atoms. The van der Waals surface area contributed by atoms with Crippen LogP contribution in [0.5, 0.6) is 0 Å². The average Bonchev–Trinajstić information content (AvgIpc) is 2.98. The van der Waals surface area contributed by atoms with Crippen molar-refractivity contribution < 1.29 is 9.59 Å². The molecule has 108 valence electrons. The van der Waals surface area contributed by atoms with E-state index in [0.29, 0.717) is 13.0 Å². The smallest absolute Gasteiger partial charge is 0.227 e. The van der Waals surface area contributed by atoms with Gasteiger partial charge in [0.2, 0.25) is 11.8 Å². The molecule has 0 aromatic heterocycles. The largest absolute Gasteiger partial charge is 0.342 e. The zero-order chi connectivity index (χ0) is 13.8. The van der Waals surface area contributed by atoms with Crippen molar-refractivity contribution in [1.82, 2.24) is 14.7 Å². The first kappa shape index (κ1) is 14.3. The van der Waals surface area contributed by atoms with Gasteiger partial charge in [0.15, 0.2) is 0 Å². The number of hydrogen-bond acceptors (Lipinski definition) is 3. The first-order chi connectivity index (χ1) is 9.08. The van der Waals surface area contributed by atoms with E-state index in [1.807, 2.05) is 23.9 Å². The zero-order valence-corrected chi connectivity index (χ0v) is 12.1. The van der Waals surface area contributed by atoms with Gasteiger partial charge in [-0.1, -0.05) is 0 Å². The topological polar surface area (TPSA) is 43.9 Å². The summed E-state index contributed by atoms with van der Waals surface area (Å²) in [4.78, 5) is 30.1. The number of nitrogens with zero attached hydrogens (tertiary/aromatic N) is 3. The minimum absolute atomic E-state index is 0.0926. The Kier molecular flexibility index (Phi) is 4.80. The van der Waals surface area contributed by atoms with Gasteiger partial charge in [0.25, 0.3) is 0 Å². The third-order valence-electron chi connectivity index (χ3n) is 4.01. The fourth-order valence-electron chi connectivity index (χ4n) is 2.93. The Balaban J connectivity index is 1.79. The zero-order valence-electron chi connectivity index (χ0n) is 12.1. The van der Waals surface area contributed by atoms with Crippen LogP contribution in [-0.4, -0.2) is 73.3 Å². The molecule has 0 aliphatic carbocycles. The molecule has 0 spiro atoms. The van der Waals surface area contributed by atoms with E-state index < -0.39 is 0 Å². The highest BCUT2D eigenvalue weighted by Crippen LogP contribution is 2.22. The van der Waals surface area contributed by atoms with Gasteiger partial charge in [-0.15, -0.1) is 0 Å². The number of amides is 2. The Hall–Kier alpha value is -1.10. The molecule has 2 heterocycles. The predicted octanol–water partition coefficient (Wildman–Crippen LogP) is 0.409. The monoisotopic (exact) mass is 267 g/mol. The van der Waals surface area contributed by atoms with Crippen LogP contribution in [0.1, 0.15) is 25.7 Å². The lowest BCUT2D eigenvalue weighted by Gasteiger charge is -2.21. The molecule has 0 N–H and O–H groups in total. The van der Waals surface area contributed by atoms with Gasteiger partial charge in [-0.2, -0.15) is 0 Å². The molecule has 2 saturated heterocycles. The van der Waals surface area contributed by atoms with E-state index in [2.05, 4.69) is 4.90 Å². The Morgan fingerprint density at radius 3 is 2.63 bits per heavy atom. The second-order valence-corrected chi connectivity index (χ2v) is 5.93. The molecule has 0 aromatic carbocycles. The van der Waals surface area contributed by atoms with Gasteiger partial charge in [-0.3, -0.25) is 9.59 Å². The van der Waals surface area contributed by atoms with Gasteiger partial charge < -0.3 is 14.7 Å². The Morgan fingerprint density at radius 2 is 2.00 bits per heavy atom. The maximum Gasteiger partial charge on any atom is 0.227 e. The quantitative estimate of drug-likeness (QED) is 0.724. The number of likely N-dealkylation sites (tertiary alicyclic amines) is 2. The van der Waals surface area contributed by atoms with Crippen molar-refractivity contribution in [1.29, 1.82) is 0 Å². The third kappa shape index (κ3) is 3.69. The van der Waals surface area contributed by atoms with Gasteiger partial charge in [0, 0.05) is 32.6 Å². The molecule has 5 heteroatoms. The molecule has 2 rings (SSSR count). The molecule has 0 radical (unpaired) electrons. The second kappa shape index (κ2) is 6.37. The Morgan fingerprint density at radius 1 is 1.32 bits per heavy atom. The molecule has 2 fully saturated rings. The van der Waals surface area contributed by atoms with Crippen LogP contribution in [-0.2, 0) is 9.59 Å². The minimum Gasteiger partial charge on any atom is -0.342 e. The lowest BCUT2D eigenvalue weighted by Crippen LogP contribution is -2.35. The first-order valence-electron chi connectivity index (χ1n) is 7.29. The Labute approximate surface area is 115 Å². The van der Waals surface area contributed by atoms with E-state index in [1.54, 1.807) is 0 Å². The minimum atomic E-state index is -0.0926. The average molecular weight is 267 g/mol. The summed E-state index contributed by atoms with van der Waals surface area (Å²) in [6.45, 7) is 4.14. The normalized spacial score (nSPS) is 23.7. The maximum atomic E-state index is 12.3. The number of carbonyl (C=O) groups is 2. The van der Waals surface area contributed by atoms with E-state index in [1.165, 1.54) is 0 Å². The summed E-state index contributed by atoms with van der Waals surface area (Å²) >= 11 is 0. The highest BCUT2D eigenvalue weighted by molar-refractivity contribution is 5.89. The molecule has 0 saturated carbocycles. The number of carbonyl (C=O) groups excluding carboxylic acids is 2. The van der Waals surface area contributed by atoms with Crippen LogP contribution in [0.3, 0.4) is 0 Å². The van der Waals surface area contributed by atoms with E-state index in [0.717, 1.165) is 45.4 Å². The summed E-state index contributed by atoms with van der Waals surface area (Å²) in [6.07, 6.45) is 3.61. The molecule has 2 amide bonds. The van der Waals surface area contributed by atoms with Crippen LogP contribution in [0.25, 0.3) is 0 Å². The molecule has 1 unspecified atom stereocenters. The third-order valence-corrected chi connectivity index (χ3v) is 4.01. The lowest BCUT2D eigenvalue weighted by molar-refractivity contribution is -0.134. The molecule has 2 aliphatic rings. The molecule has 1 atom stereocenters. The second-order valence-electron chi connectivity index (χ2n) is 5.93. The standard InChI is InChI=1S/C14H25N3O2/c1-15(2)6-5-9-17-11-12(10-13(17)18)14(19)16-7-3-4-8-16/h12H,3-11H2,1-2H3. The van der Waals surface area contributed by atoms with Crippen molar-refractivity contribution >= 4 is 11.8 Å². The summed E-state index contributed by atoms with van der Waals surface area (Å²) < 4.78 is 0. The van der Waals surface area contributed by atoms with Gasteiger partial charge in [-0.25, -0.2) is 0 Å². The van der Waals surface area contributed by atoms with Gasteiger partial charge >= 0.3 is 0 Å². The highest BCUT2D eigenvalue weighted by atomic mass is 16.2. The van der Waals surface area contributed by atoms with E-state index in [-0.39, 0.29) is 17.7 Å². The van der Waals surface area contributed by atoms with Gasteiger partial charge in [0.1, 0.15) is 0 Å². The predicted molar refractivity (Wildman–Crippen MR) is 73.7 cm³/mol. The van der Waals surface area contributed by atoms with E-state index in [9.17, 15) is 9.59 Å². The van der Waals surface area contributed by atoms with Crippen LogP contribution in [0.2, 0.25) is 0 Å². The van der Waals surface area contributed by atoms with Crippen molar-refractivity contribution in [3.05, 3.63) is 0 Å². The van der Waals surface area contributed by atoms with Crippen molar-refractivity contribution in [3.63, 3.8) is 0 Å². The summed E-state index contributed by atoms with van der Waals surface area (Å²) in [6, 6.07) is 0. The first-order valence-corrected chi connectivity index (χ1v) is 7.29. The SMILES string of the molecule is CN(C)CCCN1CC(C(=O)N2CCCC2)CC1=O. The summed E-state index contributed by atoms with van der Waals surface area (Å²) in [5.74, 6) is 0.252. The molecule has 5 nitrogen and oxygen atoms in total. The summed E-state index contributed by atoms with van der Waals surface area (Å²) in [5, 5.41) is 0. The summed E-state index contributed by atoms with van der Waals surface area (Å²) in [7, 11) is 4.07. The highest BCUT2D eigenvalue weighted by Gasteiger charge is 2.36. The van der Waals surface area contributed by atoms with Crippen LogP contribution in [0.4, 0.5) is 0 Å². The molecular formula is C14H25N3O2. The number of hydrogen-bond donors (Lipinski definition) is 0. The van der Waals surface area contributed by atoms with Crippen LogP contribution in [0.15, 0.2) is 0 Å². The molecule has 2 aliphatic heterocycles. The van der Waals surface area contributed by atoms with E-state index >= 15 is 0 Å². The van der Waals surface area contributed by atoms with Crippen LogP contribution in [0, 0.1) is 5.92 Å². The lowest BCUT2D eigenvalue weighted by atomic mass is 10.1. The van der Waals surface area contributed by atoms with Gasteiger partial charge in [-0.05, 0) is 39.9 Å². The maximum absolute atomic E-state index is 12.3. The molecule has 0 bridgehead atoms. The summed E-state index contributed by atoms with van der Waals surface area (Å²) in [5.41, 5.74) is 0. The van der Waals surface area contributed by atoms with Crippen molar-refractivity contribution in [3.8, 4) is 0 Å². The fraction of sp³-hybridized carbons (Fsp3) is 0.857. The van der Waals surface area contributed by atoms with Crippen LogP contribution < -0.4 is 0 Å². The van der Waals surface area contributed by atoms with Crippen LogP contribution >= 0.6 is 0 Å². The fourth-order valence-corrected chi connectivity index (χ4v) is 2.93. The van der Waals surface area contributed by atoms with Crippen molar-refractivity contribution in [2.24, 2.45) is 5.92 Å². The number of rotatable bonds is 5. The molecular weight excluding hydrogens is 242 g/mol. The van der Waals surface area contributed by atoms with E-state index in [4.69, 9.17) is 0 Å². The van der Waals surface area contributed by atoms with Crippen molar-refractivity contribution in [2.75, 3.05) is 46.8 Å². The molecule has 0 aromatic rings. The van der Waals surface area contributed by atoms with Gasteiger partial charge in [0.05, 0.1) is 5.92 Å². The van der Waals surface area contributed by atoms with Crippen molar-refractivity contribution in [2.45, 2.75) is 25.7 Å².